The maximum Gasteiger partial charge on any atom is 0.306 e. The molecule has 7 nitrogen and oxygen atoms in total. The van der Waals surface area contributed by atoms with Gasteiger partial charge in [-0.05, 0) is 48.1 Å². The minimum Gasteiger partial charge on any atom is -0.491 e. The summed E-state index contributed by atoms with van der Waals surface area (Å²) in [6, 6.07) is 25.4. The Kier molecular flexibility index (Phi) is 10.3. The molecule has 1 fully saturated rings. The lowest BCUT2D eigenvalue weighted by molar-refractivity contribution is -0.144. The van der Waals surface area contributed by atoms with Crippen LogP contribution in [-0.2, 0) is 20.7 Å². The number of nitrogen functional groups attached to an aromatic ring is 1. The van der Waals surface area contributed by atoms with Crippen LogP contribution in [0.5, 0.6) is 5.75 Å². The molecule has 1 heterocycles. The maximum absolute atomic E-state index is 13.1. The number of carbonyl (C=O) groups is 2. The van der Waals surface area contributed by atoms with Crippen LogP contribution in [0.4, 0.5) is 0 Å². The standard InChI is InChI=1S/C30H33N3O4.ClH/c1-36-28(34)19-25-18-26(33(30(25)35)17-5-8-21-6-3-2-4-7-21)20-37-27-15-13-23(14-16-27)22-9-11-24(12-10-22)29(31)32;/h2-4,6-7,9-16,25-26H,5,8,17-20H2,1H3,(H3,31,32);1H/t25-,26+;/m1./s1. The summed E-state index contributed by atoms with van der Waals surface area (Å²) in [5, 5.41) is 7.53. The molecule has 0 saturated carbocycles. The monoisotopic (exact) mass is 535 g/mol. The second-order valence-corrected chi connectivity index (χ2v) is 9.31. The average Bonchev–Trinajstić information content (AvgIpc) is 3.22. The van der Waals surface area contributed by atoms with Crippen molar-refractivity contribution < 1.29 is 19.1 Å². The van der Waals surface area contributed by atoms with Crippen molar-refractivity contribution in [3.8, 4) is 16.9 Å². The summed E-state index contributed by atoms with van der Waals surface area (Å²) in [6.07, 6.45) is 2.39. The van der Waals surface area contributed by atoms with E-state index in [1.807, 2.05) is 71.6 Å². The molecule has 0 unspecified atom stereocenters. The smallest absolute Gasteiger partial charge is 0.306 e. The summed E-state index contributed by atoms with van der Waals surface area (Å²) in [5.41, 5.74) is 9.51. The number of nitrogens with two attached hydrogens (primary N) is 1. The summed E-state index contributed by atoms with van der Waals surface area (Å²) >= 11 is 0. The Labute approximate surface area is 229 Å². The fraction of sp³-hybridized carbons (Fsp3) is 0.300. The number of carbonyl (C=O) groups excluding carboxylic acids is 2. The second-order valence-electron chi connectivity index (χ2n) is 9.31. The van der Waals surface area contributed by atoms with Crippen molar-refractivity contribution in [2.45, 2.75) is 31.7 Å². The zero-order valence-electron chi connectivity index (χ0n) is 21.5. The lowest BCUT2D eigenvalue weighted by Gasteiger charge is -2.25. The molecule has 0 radical (unpaired) electrons. The van der Waals surface area contributed by atoms with E-state index >= 15 is 0 Å². The van der Waals surface area contributed by atoms with Gasteiger partial charge in [0, 0.05) is 12.1 Å². The number of rotatable bonds is 11. The van der Waals surface area contributed by atoms with Gasteiger partial charge >= 0.3 is 5.97 Å². The zero-order chi connectivity index (χ0) is 26.2. The molecule has 0 aliphatic carbocycles. The fourth-order valence-corrected chi connectivity index (χ4v) is 4.75. The molecule has 1 saturated heterocycles. The Morgan fingerprint density at radius 3 is 2.24 bits per heavy atom. The molecule has 3 aromatic rings. The van der Waals surface area contributed by atoms with E-state index in [1.165, 1.54) is 12.7 Å². The molecular formula is C30H34ClN3O4. The minimum atomic E-state index is -0.377. The van der Waals surface area contributed by atoms with Crippen molar-refractivity contribution in [3.63, 3.8) is 0 Å². The van der Waals surface area contributed by atoms with Gasteiger partial charge in [-0.3, -0.25) is 15.0 Å². The summed E-state index contributed by atoms with van der Waals surface area (Å²) in [6.45, 7) is 0.982. The van der Waals surface area contributed by atoms with Crippen molar-refractivity contribution >= 4 is 30.1 Å². The van der Waals surface area contributed by atoms with Crippen LogP contribution >= 0.6 is 12.4 Å². The van der Waals surface area contributed by atoms with Gasteiger partial charge in [0.2, 0.25) is 5.91 Å². The van der Waals surface area contributed by atoms with E-state index in [4.69, 9.17) is 20.6 Å². The summed E-state index contributed by atoms with van der Waals surface area (Å²) in [5.74, 6) is 0.0199. The third-order valence-electron chi connectivity index (χ3n) is 6.80. The van der Waals surface area contributed by atoms with Gasteiger partial charge in [-0.15, -0.1) is 12.4 Å². The number of methoxy groups -OCH3 is 1. The van der Waals surface area contributed by atoms with Crippen molar-refractivity contribution in [1.82, 2.24) is 4.90 Å². The number of aryl methyl sites for hydroxylation is 1. The van der Waals surface area contributed by atoms with Gasteiger partial charge in [-0.2, -0.15) is 0 Å². The highest BCUT2D eigenvalue weighted by atomic mass is 35.5. The molecule has 1 amide bonds. The number of hydrogen-bond acceptors (Lipinski definition) is 5. The highest BCUT2D eigenvalue weighted by Crippen LogP contribution is 2.29. The molecule has 3 N–H and O–H groups in total. The molecule has 1 aliphatic rings. The molecule has 200 valence electrons. The Bertz CT molecular complexity index is 1220. The van der Waals surface area contributed by atoms with Crippen LogP contribution in [0.1, 0.15) is 30.4 Å². The first-order chi connectivity index (χ1) is 17.9. The van der Waals surface area contributed by atoms with Crippen molar-refractivity contribution in [1.29, 1.82) is 5.41 Å². The summed E-state index contributed by atoms with van der Waals surface area (Å²) < 4.78 is 10.9. The Hall–Kier alpha value is -3.84. The first-order valence-electron chi connectivity index (χ1n) is 12.5. The second kappa shape index (κ2) is 13.6. The van der Waals surface area contributed by atoms with Gasteiger partial charge in [0.25, 0.3) is 0 Å². The minimum absolute atomic E-state index is 0. The van der Waals surface area contributed by atoms with Gasteiger partial charge in [0.05, 0.1) is 25.5 Å². The van der Waals surface area contributed by atoms with Gasteiger partial charge in [0.1, 0.15) is 18.2 Å². The van der Waals surface area contributed by atoms with Gasteiger partial charge in [-0.25, -0.2) is 0 Å². The number of amidine groups is 1. The number of halogens is 1. The number of ether oxygens (including phenoxy) is 2. The van der Waals surface area contributed by atoms with Crippen LogP contribution in [-0.4, -0.2) is 48.9 Å². The van der Waals surface area contributed by atoms with E-state index in [0.717, 1.165) is 29.7 Å². The van der Waals surface area contributed by atoms with E-state index in [2.05, 4.69) is 12.1 Å². The molecule has 0 spiro atoms. The number of amides is 1. The van der Waals surface area contributed by atoms with Crippen molar-refractivity contribution in [2.75, 3.05) is 20.3 Å². The molecular weight excluding hydrogens is 502 g/mol. The third kappa shape index (κ3) is 7.35. The first-order valence-corrected chi connectivity index (χ1v) is 12.5. The number of benzene rings is 3. The van der Waals surface area contributed by atoms with E-state index in [9.17, 15) is 9.59 Å². The van der Waals surface area contributed by atoms with Gasteiger partial charge in [0.15, 0.2) is 0 Å². The van der Waals surface area contributed by atoms with Crippen LogP contribution in [0.15, 0.2) is 78.9 Å². The van der Waals surface area contributed by atoms with Crippen LogP contribution in [0.25, 0.3) is 11.1 Å². The van der Waals surface area contributed by atoms with Crippen LogP contribution < -0.4 is 10.5 Å². The number of likely N-dealkylation sites (tertiary alicyclic amines) is 1. The van der Waals surface area contributed by atoms with Crippen molar-refractivity contribution in [2.24, 2.45) is 11.7 Å². The molecule has 8 heteroatoms. The van der Waals surface area contributed by atoms with Crippen LogP contribution in [0.3, 0.4) is 0 Å². The lowest BCUT2D eigenvalue weighted by atomic mass is 10.0. The van der Waals surface area contributed by atoms with Gasteiger partial charge in [-0.1, -0.05) is 66.7 Å². The zero-order valence-corrected chi connectivity index (χ0v) is 22.3. The molecule has 2 atom stereocenters. The number of hydrogen-bond donors (Lipinski definition) is 2. The van der Waals surface area contributed by atoms with Crippen molar-refractivity contribution in [3.05, 3.63) is 90.0 Å². The normalized spacial score (nSPS) is 16.6. The Balaban J connectivity index is 0.00000400. The molecule has 0 bridgehead atoms. The summed E-state index contributed by atoms with van der Waals surface area (Å²) in [4.78, 5) is 26.9. The Morgan fingerprint density at radius 1 is 1.00 bits per heavy atom. The fourth-order valence-electron chi connectivity index (χ4n) is 4.75. The largest absolute Gasteiger partial charge is 0.491 e. The third-order valence-corrected chi connectivity index (χ3v) is 6.80. The van der Waals surface area contributed by atoms with E-state index < -0.39 is 0 Å². The molecule has 4 rings (SSSR count). The number of esters is 1. The number of nitrogens with zero attached hydrogens (tertiary/aromatic N) is 1. The maximum atomic E-state index is 13.1. The number of nitrogens with one attached hydrogen (secondary N) is 1. The Morgan fingerprint density at radius 2 is 1.63 bits per heavy atom. The predicted octanol–water partition coefficient (Wildman–Crippen LogP) is 4.85. The molecule has 3 aromatic carbocycles. The van der Waals surface area contributed by atoms with E-state index in [-0.39, 0.29) is 48.5 Å². The highest BCUT2D eigenvalue weighted by molar-refractivity contribution is 5.95. The van der Waals surface area contributed by atoms with E-state index in [1.54, 1.807) is 0 Å². The lowest BCUT2D eigenvalue weighted by Crippen LogP contribution is -2.38. The molecule has 0 aromatic heterocycles. The quantitative estimate of drug-likeness (QED) is 0.207. The first kappa shape index (κ1) is 28.7. The highest BCUT2D eigenvalue weighted by Gasteiger charge is 2.40. The molecule has 38 heavy (non-hydrogen) atoms. The SMILES string of the molecule is COC(=O)C[C@H]1C[C@@H](COc2ccc(-c3ccc(C(=N)N)cc3)cc2)N(CCCc2ccccc2)C1=O.Cl. The molecule has 1 aliphatic heterocycles. The van der Waals surface area contributed by atoms with Crippen LogP contribution in [0.2, 0.25) is 0 Å². The predicted molar refractivity (Wildman–Crippen MR) is 151 cm³/mol. The van der Waals surface area contributed by atoms with E-state index in [0.29, 0.717) is 25.1 Å². The van der Waals surface area contributed by atoms with Gasteiger partial charge < -0.3 is 20.1 Å². The van der Waals surface area contributed by atoms with Crippen LogP contribution in [0, 0.1) is 11.3 Å². The topological polar surface area (TPSA) is 106 Å². The summed E-state index contributed by atoms with van der Waals surface area (Å²) in [7, 11) is 1.35. The average molecular weight is 536 g/mol.